The van der Waals surface area contributed by atoms with Gasteiger partial charge in [-0.25, -0.2) is 4.98 Å². The van der Waals surface area contributed by atoms with E-state index in [1.54, 1.807) is 19.1 Å². The highest BCUT2D eigenvalue weighted by atomic mass is 16.6. The van der Waals surface area contributed by atoms with Gasteiger partial charge in [0.2, 0.25) is 0 Å². The Morgan fingerprint density at radius 2 is 2.47 bits per heavy atom. The lowest BCUT2D eigenvalue weighted by Gasteiger charge is -1.97. The highest BCUT2D eigenvalue weighted by Gasteiger charge is 2.09. The van der Waals surface area contributed by atoms with Crippen molar-refractivity contribution in [2.24, 2.45) is 5.11 Å². The second-order valence-electron chi connectivity index (χ2n) is 3.30. The Labute approximate surface area is 97.6 Å². The van der Waals surface area contributed by atoms with Crippen LogP contribution >= 0.6 is 0 Å². The minimum Gasteiger partial charge on any atom is -0.258 e. The molecule has 0 fully saturated rings. The van der Waals surface area contributed by atoms with Crippen LogP contribution in [-0.2, 0) is 0 Å². The van der Waals surface area contributed by atoms with Gasteiger partial charge in [0.1, 0.15) is 6.20 Å². The molecule has 0 aliphatic carbocycles. The van der Waals surface area contributed by atoms with Crippen molar-refractivity contribution in [1.82, 2.24) is 4.98 Å². The predicted octanol–water partition coefficient (Wildman–Crippen LogP) is 3.01. The Morgan fingerprint density at radius 1 is 1.71 bits per heavy atom. The van der Waals surface area contributed by atoms with Gasteiger partial charge >= 0.3 is 0 Å². The maximum atomic E-state index is 10.6. The molecule has 0 saturated heterocycles. The summed E-state index contributed by atoms with van der Waals surface area (Å²) in [6.07, 6.45) is 5.40. The molecule has 0 aliphatic heterocycles. The summed E-state index contributed by atoms with van der Waals surface area (Å²) in [4.78, 5) is 16.7. The molecule has 0 unspecified atom stereocenters. The number of nitro groups is 1. The molecule has 1 aromatic heterocycles. The molecule has 1 rings (SSSR count). The molecule has 0 amide bonds. The molecule has 0 aromatic carbocycles. The van der Waals surface area contributed by atoms with Gasteiger partial charge in [0, 0.05) is 17.0 Å². The Bertz CT molecular complexity index is 491. The predicted molar refractivity (Wildman–Crippen MR) is 63.3 cm³/mol. The van der Waals surface area contributed by atoms with Crippen molar-refractivity contribution in [3.05, 3.63) is 50.2 Å². The molecule has 0 aliphatic rings. The average molecular weight is 233 g/mol. The summed E-state index contributed by atoms with van der Waals surface area (Å²) in [5, 5.41) is 13.9. The molecule has 0 spiro atoms. The molecule has 0 atom stereocenters. The van der Waals surface area contributed by atoms with Gasteiger partial charge in [0.15, 0.2) is 0 Å². The molecular formula is C10H11N5O2. The molecule has 0 bridgehead atoms. The summed E-state index contributed by atoms with van der Waals surface area (Å²) < 4.78 is 0. The van der Waals surface area contributed by atoms with E-state index in [1.165, 1.54) is 6.20 Å². The highest BCUT2D eigenvalue weighted by Crippen LogP contribution is 2.17. The van der Waals surface area contributed by atoms with Crippen LogP contribution in [0.15, 0.2) is 23.5 Å². The zero-order valence-corrected chi connectivity index (χ0v) is 9.28. The van der Waals surface area contributed by atoms with Crippen molar-refractivity contribution in [3.63, 3.8) is 0 Å². The van der Waals surface area contributed by atoms with E-state index >= 15 is 0 Å². The first-order valence-corrected chi connectivity index (χ1v) is 4.93. The molecule has 0 saturated carbocycles. The zero-order valence-electron chi connectivity index (χ0n) is 9.28. The molecule has 88 valence electrons. The Morgan fingerprint density at radius 3 is 3.06 bits per heavy atom. The summed E-state index contributed by atoms with van der Waals surface area (Å²) in [6, 6.07) is 1.64. The van der Waals surface area contributed by atoms with E-state index in [2.05, 4.69) is 15.0 Å². The van der Waals surface area contributed by atoms with Crippen molar-refractivity contribution in [2.45, 2.75) is 13.3 Å². The maximum absolute atomic E-state index is 10.6. The molecule has 1 aromatic rings. The van der Waals surface area contributed by atoms with Crippen molar-refractivity contribution >= 4 is 11.8 Å². The van der Waals surface area contributed by atoms with E-state index in [4.69, 9.17) is 5.53 Å². The quantitative estimate of drug-likeness (QED) is 0.195. The Balaban J connectivity index is 2.70. The first kappa shape index (κ1) is 12.7. The minimum absolute atomic E-state index is 0.0104. The number of nitrogens with zero attached hydrogens (tertiary/aromatic N) is 5. The van der Waals surface area contributed by atoms with Crippen molar-refractivity contribution in [1.29, 1.82) is 0 Å². The number of hydrogen-bond donors (Lipinski definition) is 0. The average Bonchev–Trinajstić information content (AvgIpc) is 2.28. The summed E-state index contributed by atoms with van der Waals surface area (Å²) in [6.45, 7) is 2.05. The third-order valence-electron chi connectivity index (χ3n) is 2.05. The number of hydrogen-bond acceptors (Lipinski definition) is 4. The van der Waals surface area contributed by atoms with Crippen LogP contribution in [0.4, 0.5) is 5.69 Å². The second kappa shape index (κ2) is 6.24. The van der Waals surface area contributed by atoms with Gasteiger partial charge < -0.3 is 0 Å². The number of aromatic nitrogens is 1. The number of rotatable bonds is 5. The van der Waals surface area contributed by atoms with Crippen LogP contribution in [0.1, 0.15) is 17.7 Å². The molecule has 1 heterocycles. The topological polar surface area (TPSA) is 105 Å². The third kappa shape index (κ3) is 3.92. The van der Waals surface area contributed by atoms with Crippen molar-refractivity contribution < 1.29 is 4.92 Å². The van der Waals surface area contributed by atoms with Crippen molar-refractivity contribution in [3.8, 4) is 0 Å². The maximum Gasteiger partial charge on any atom is 0.290 e. The fourth-order valence-corrected chi connectivity index (χ4v) is 1.23. The summed E-state index contributed by atoms with van der Waals surface area (Å²) in [5.74, 6) is 0. The molecular weight excluding hydrogens is 222 g/mol. The van der Waals surface area contributed by atoms with Crippen LogP contribution in [0, 0.1) is 17.0 Å². The number of pyridine rings is 1. The molecule has 0 N–H and O–H groups in total. The van der Waals surface area contributed by atoms with Gasteiger partial charge in [-0.2, -0.15) is 0 Å². The van der Waals surface area contributed by atoms with Crippen LogP contribution in [0.3, 0.4) is 0 Å². The SMILES string of the molecule is Cc1cc(C=CCCN=[N+]=[N-])ncc1[N+](=O)[O-]. The lowest BCUT2D eigenvalue weighted by Crippen LogP contribution is -1.93. The Kier molecular flexibility index (Phi) is 4.65. The summed E-state index contributed by atoms with van der Waals surface area (Å²) in [7, 11) is 0. The largest absolute Gasteiger partial charge is 0.290 e. The van der Waals surface area contributed by atoms with E-state index in [9.17, 15) is 10.1 Å². The smallest absolute Gasteiger partial charge is 0.258 e. The standard InChI is InChI=1S/C10H11N5O2/c1-8-6-9(4-2-3-5-13-14-11)12-7-10(8)15(16)17/h2,4,6-7H,3,5H2,1H3. The van der Waals surface area contributed by atoms with Gasteiger partial charge in [0.25, 0.3) is 5.69 Å². The summed E-state index contributed by atoms with van der Waals surface area (Å²) in [5.41, 5.74) is 9.29. The second-order valence-corrected chi connectivity index (χ2v) is 3.30. The van der Waals surface area contributed by atoms with Gasteiger partial charge in [0.05, 0.1) is 10.6 Å². The zero-order chi connectivity index (χ0) is 12.7. The molecule has 17 heavy (non-hydrogen) atoms. The van der Waals surface area contributed by atoms with E-state index in [0.29, 0.717) is 24.2 Å². The highest BCUT2D eigenvalue weighted by molar-refractivity contribution is 5.49. The van der Waals surface area contributed by atoms with Crippen LogP contribution < -0.4 is 0 Å². The molecule has 7 nitrogen and oxygen atoms in total. The van der Waals surface area contributed by atoms with Gasteiger partial charge in [-0.15, -0.1) is 0 Å². The van der Waals surface area contributed by atoms with E-state index < -0.39 is 4.92 Å². The third-order valence-corrected chi connectivity index (χ3v) is 2.05. The number of aryl methyl sites for hydroxylation is 1. The monoisotopic (exact) mass is 233 g/mol. The normalized spacial score (nSPS) is 10.2. The first-order valence-electron chi connectivity index (χ1n) is 4.93. The summed E-state index contributed by atoms with van der Waals surface area (Å²) >= 11 is 0. The fourth-order valence-electron chi connectivity index (χ4n) is 1.23. The van der Waals surface area contributed by atoms with Gasteiger partial charge in [-0.3, -0.25) is 10.1 Å². The van der Waals surface area contributed by atoms with Gasteiger partial charge in [-0.05, 0) is 31.0 Å². The molecule has 0 radical (unpaired) electrons. The van der Waals surface area contributed by atoms with E-state index in [-0.39, 0.29) is 5.69 Å². The Hall–Kier alpha value is -2.40. The number of azide groups is 1. The van der Waals surface area contributed by atoms with Crippen molar-refractivity contribution in [2.75, 3.05) is 6.54 Å². The van der Waals surface area contributed by atoms with E-state index in [1.807, 2.05) is 6.08 Å². The lowest BCUT2D eigenvalue weighted by molar-refractivity contribution is -0.385. The van der Waals surface area contributed by atoms with Crippen LogP contribution in [0.2, 0.25) is 0 Å². The van der Waals surface area contributed by atoms with Crippen LogP contribution in [-0.4, -0.2) is 16.5 Å². The van der Waals surface area contributed by atoms with Crippen LogP contribution in [0.25, 0.3) is 16.5 Å². The molecule has 7 heteroatoms. The minimum atomic E-state index is -0.461. The van der Waals surface area contributed by atoms with Crippen LogP contribution in [0.5, 0.6) is 0 Å². The lowest BCUT2D eigenvalue weighted by atomic mass is 10.2. The first-order chi connectivity index (χ1) is 8.15. The van der Waals surface area contributed by atoms with Gasteiger partial charge in [-0.1, -0.05) is 11.2 Å². The fraction of sp³-hybridized carbons (Fsp3) is 0.300. The van der Waals surface area contributed by atoms with E-state index in [0.717, 1.165) is 0 Å².